The Kier molecular flexibility index (Phi) is 5.46. The number of nitrogens with one attached hydrogen (secondary N) is 1. The fraction of sp³-hybridized carbons (Fsp3) is 0.105. The van der Waals surface area contributed by atoms with Gasteiger partial charge in [-0.1, -0.05) is 47.6 Å². The predicted molar refractivity (Wildman–Crippen MR) is 101 cm³/mol. The third-order valence-corrected chi connectivity index (χ3v) is 4.76. The van der Waals surface area contributed by atoms with Crippen LogP contribution in [0.1, 0.15) is 17.0 Å². The van der Waals surface area contributed by atoms with E-state index in [9.17, 15) is 13.2 Å². The minimum Gasteiger partial charge on any atom is -0.407 e. The molecule has 0 spiro atoms. The number of nitrogens with zero attached hydrogens (tertiary/aromatic N) is 2. The number of hydrogen-bond donors (Lipinski definition) is 1. The van der Waals surface area contributed by atoms with Crippen LogP contribution in [0.3, 0.4) is 0 Å². The van der Waals surface area contributed by atoms with E-state index in [1.807, 2.05) is 30.3 Å². The Hall–Kier alpha value is -3.26. The van der Waals surface area contributed by atoms with Gasteiger partial charge in [-0.25, -0.2) is 8.42 Å². The van der Waals surface area contributed by atoms with Gasteiger partial charge in [0.1, 0.15) is 0 Å². The van der Waals surface area contributed by atoms with Crippen LogP contribution in [0, 0.1) is 0 Å². The third kappa shape index (κ3) is 5.35. The third-order valence-electron chi connectivity index (χ3n) is 3.63. The highest BCUT2D eigenvalue weighted by molar-refractivity contribution is 7.90. The Balaban J connectivity index is 1.60. The number of sulfone groups is 1. The molecule has 0 aliphatic rings. The fourth-order valence-electron chi connectivity index (χ4n) is 2.29. The zero-order valence-corrected chi connectivity index (χ0v) is 15.3. The second kappa shape index (κ2) is 7.96. The van der Waals surface area contributed by atoms with Gasteiger partial charge in [0, 0.05) is 12.3 Å². The molecule has 0 saturated carbocycles. The second-order valence-corrected chi connectivity index (χ2v) is 7.84. The lowest BCUT2D eigenvalue weighted by Gasteiger charge is -2.00. The summed E-state index contributed by atoms with van der Waals surface area (Å²) in [5.41, 5.74) is 1.71. The van der Waals surface area contributed by atoms with Crippen molar-refractivity contribution in [3.63, 3.8) is 0 Å². The first-order valence-electron chi connectivity index (χ1n) is 8.06. The van der Waals surface area contributed by atoms with Crippen LogP contribution in [0.5, 0.6) is 0 Å². The van der Waals surface area contributed by atoms with Crippen molar-refractivity contribution in [1.82, 2.24) is 10.2 Å². The van der Waals surface area contributed by atoms with Crippen molar-refractivity contribution >= 4 is 27.8 Å². The van der Waals surface area contributed by atoms with Gasteiger partial charge >= 0.3 is 6.01 Å². The van der Waals surface area contributed by atoms with Crippen molar-refractivity contribution in [2.45, 2.75) is 11.3 Å². The number of hydrogen-bond acceptors (Lipinski definition) is 6. The number of carbonyl (C=O) groups is 1. The van der Waals surface area contributed by atoms with Crippen LogP contribution in [0.2, 0.25) is 0 Å². The summed E-state index contributed by atoms with van der Waals surface area (Å²) in [4.78, 5) is 12.1. The summed E-state index contributed by atoms with van der Waals surface area (Å²) >= 11 is 0. The lowest BCUT2D eigenvalue weighted by Crippen LogP contribution is -2.07. The first-order chi connectivity index (χ1) is 12.9. The zero-order valence-electron chi connectivity index (χ0n) is 14.5. The van der Waals surface area contributed by atoms with E-state index in [-0.39, 0.29) is 16.8 Å². The van der Waals surface area contributed by atoms with E-state index in [0.29, 0.717) is 12.3 Å². The van der Waals surface area contributed by atoms with Crippen molar-refractivity contribution in [2.75, 3.05) is 11.6 Å². The molecule has 3 rings (SSSR count). The van der Waals surface area contributed by atoms with Gasteiger partial charge in [0.2, 0.25) is 5.89 Å². The van der Waals surface area contributed by atoms with Gasteiger partial charge in [-0.2, -0.15) is 0 Å². The topological polar surface area (TPSA) is 102 Å². The molecule has 138 valence electrons. The van der Waals surface area contributed by atoms with Crippen LogP contribution in [0.25, 0.3) is 6.08 Å². The normalized spacial score (nSPS) is 11.6. The Bertz CT molecular complexity index is 1060. The van der Waals surface area contributed by atoms with Gasteiger partial charge in [-0.05, 0) is 29.3 Å². The lowest BCUT2D eigenvalue weighted by atomic mass is 10.1. The highest BCUT2D eigenvalue weighted by Gasteiger charge is 2.10. The molecule has 0 fully saturated rings. The molecule has 27 heavy (non-hydrogen) atoms. The van der Waals surface area contributed by atoms with Crippen molar-refractivity contribution in [2.24, 2.45) is 0 Å². The van der Waals surface area contributed by atoms with Gasteiger partial charge in [0.15, 0.2) is 9.84 Å². The molecule has 1 heterocycles. The van der Waals surface area contributed by atoms with Gasteiger partial charge in [-0.3, -0.25) is 10.1 Å². The molecule has 1 amide bonds. The molecular formula is C19H17N3O4S. The van der Waals surface area contributed by atoms with E-state index in [1.165, 1.54) is 18.2 Å². The number of benzene rings is 2. The predicted octanol–water partition coefficient (Wildman–Crippen LogP) is 2.72. The van der Waals surface area contributed by atoms with Crippen LogP contribution in [0.15, 0.2) is 70.0 Å². The van der Waals surface area contributed by atoms with E-state index in [1.54, 1.807) is 18.2 Å². The van der Waals surface area contributed by atoms with Crippen LogP contribution < -0.4 is 5.32 Å². The van der Waals surface area contributed by atoms with Crippen molar-refractivity contribution in [3.8, 4) is 0 Å². The molecule has 0 aliphatic carbocycles. The van der Waals surface area contributed by atoms with Gasteiger partial charge in [0.05, 0.1) is 11.3 Å². The molecule has 0 radical (unpaired) electrons. The van der Waals surface area contributed by atoms with Gasteiger partial charge in [-0.15, -0.1) is 5.10 Å². The standard InChI is InChI=1S/C19H17N3O4S/c1-27(24,25)16-10-7-15(8-11-16)13-18-21-22-19(26-18)20-17(23)12-9-14-5-3-2-4-6-14/h2-12H,13H2,1H3,(H,20,22,23). The number of rotatable bonds is 6. The van der Waals surface area contributed by atoms with Crippen molar-refractivity contribution < 1.29 is 17.6 Å². The number of anilines is 1. The minimum absolute atomic E-state index is 0.000433. The number of amides is 1. The van der Waals surface area contributed by atoms with Crippen molar-refractivity contribution in [1.29, 1.82) is 0 Å². The smallest absolute Gasteiger partial charge is 0.322 e. The van der Waals surface area contributed by atoms with Crippen molar-refractivity contribution in [3.05, 3.63) is 77.7 Å². The molecule has 8 heteroatoms. The molecule has 0 saturated heterocycles. The first kappa shape index (κ1) is 18.5. The first-order valence-corrected chi connectivity index (χ1v) is 9.95. The summed E-state index contributed by atoms with van der Waals surface area (Å²) in [5.74, 6) is -0.0731. The maximum Gasteiger partial charge on any atom is 0.322 e. The molecule has 0 bridgehead atoms. The minimum atomic E-state index is -3.23. The summed E-state index contributed by atoms with van der Waals surface area (Å²) in [6.45, 7) is 0. The zero-order chi connectivity index (χ0) is 19.3. The molecule has 3 aromatic rings. The second-order valence-electron chi connectivity index (χ2n) is 5.83. The van der Waals surface area contributed by atoms with E-state index < -0.39 is 9.84 Å². The molecule has 7 nitrogen and oxygen atoms in total. The average molecular weight is 383 g/mol. The Morgan fingerprint density at radius 3 is 2.44 bits per heavy atom. The average Bonchev–Trinajstić information content (AvgIpc) is 3.07. The van der Waals surface area contributed by atoms with Crippen LogP contribution in [-0.2, 0) is 21.1 Å². The molecule has 1 aromatic heterocycles. The Morgan fingerprint density at radius 2 is 1.78 bits per heavy atom. The van der Waals surface area contributed by atoms with E-state index in [0.717, 1.165) is 17.4 Å². The highest BCUT2D eigenvalue weighted by Crippen LogP contribution is 2.15. The Labute approximate surface area is 156 Å². The maximum absolute atomic E-state index is 11.9. The molecule has 1 N–H and O–H groups in total. The number of aromatic nitrogens is 2. The van der Waals surface area contributed by atoms with E-state index in [2.05, 4.69) is 15.5 Å². The fourth-order valence-corrected chi connectivity index (χ4v) is 2.92. The summed E-state index contributed by atoms with van der Waals surface area (Å²) in [5, 5.41) is 10.2. The van der Waals surface area contributed by atoms with Crippen LogP contribution in [0.4, 0.5) is 6.01 Å². The monoisotopic (exact) mass is 383 g/mol. The summed E-state index contributed by atoms with van der Waals surface area (Å²) in [7, 11) is -3.23. The molecule has 0 unspecified atom stereocenters. The SMILES string of the molecule is CS(=O)(=O)c1ccc(Cc2nnc(NC(=O)C=Cc3ccccc3)o2)cc1. The largest absolute Gasteiger partial charge is 0.407 e. The Morgan fingerprint density at radius 1 is 1.07 bits per heavy atom. The maximum atomic E-state index is 11.9. The number of carbonyl (C=O) groups excluding carboxylic acids is 1. The van der Waals surface area contributed by atoms with E-state index >= 15 is 0 Å². The van der Waals surface area contributed by atoms with Crippen LogP contribution in [-0.4, -0.2) is 30.8 Å². The molecule has 0 atom stereocenters. The summed E-state index contributed by atoms with van der Waals surface area (Å²) in [6.07, 6.45) is 4.53. The molecular weight excluding hydrogens is 366 g/mol. The van der Waals surface area contributed by atoms with Gasteiger partial charge < -0.3 is 4.42 Å². The quantitative estimate of drug-likeness (QED) is 0.657. The molecule has 0 aliphatic heterocycles. The lowest BCUT2D eigenvalue weighted by molar-refractivity contribution is -0.112. The summed E-state index contributed by atoms with van der Waals surface area (Å²) in [6, 6.07) is 15.8. The highest BCUT2D eigenvalue weighted by atomic mass is 32.2. The van der Waals surface area contributed by atoms with Gasteiger partial charge in [0.25, 0.3) is 5.91 Å². The van der Waals surface area contributed by atoms with Crippen LogP contribution >= 0.6 is 0 Å². The summed E-state index contributed by atoms with van der Waals surface area (Å²) < 4.78 is 28.3. The van der Waals surface area contributed by atoms with E-state index in [4.69, 9.17) is 4.42 Å². The molecule has 2 aromatic carbocycles.